The summed E-state index contributed by atoms with van der Waals surface area (Å²) in [4.78, 5) is 21.3. The van der Waals surface area contributed by atoms with E-state index in [1.54, 1.807) is 0 Å². The van der Waals surface area contributed by atoms with E-state index >= 15 is 0 Å². The molecule has 27 heavy (non-hydrogen) atoms. The lowest BCUT2D eigenvalue weighted by molar-refractivity contribution is 0.121. The van der Waals surface area contributed by atoms with Gasteiger partial charge in [0.15, 0.2) is 5.43 Å². The van der Waals surface area contributed by atoms with Crippen LogP contribution in [-0.2, 0) is 13.1 Å². The number of hydrogen-bond donors (Lipinski definition) is 1. The molecule has 0 unspecified atom stereocenters. The minimum absolute atomic E-state index is 0.147. The number of aromatic nitrogens is 1. The summed E-state index contributed by atoms with van der Waals surface area (Å²) < 4.78 is 0.935. The summed E-state index contributed by atoms with van der Waals surface area (Å²) in [5.74, 6) is 0. The number of fused-ring (bicyclic) bond motifs is 1. The molecule has 1 fully saturated rings. The van der Waals surface area contributed by atoms with Crippen LogP contribution in [-0.4, -0.2) is 41.0 Å². The van der Waals surface area contributed by atoms with Gasteiger partial charge in [0.1, 0.15) is 0 Å². The minimum Gasteiger partial charge on any atom is -0.358 e. The lowest BCUT2D eigenvalue weighted by Gasteiger charge is -2.34. The van der Waals surface area contributed by atoms with Crippen LogP contribution in [0.3, 0.4) is 0 Å². The van der Waals surface area contributed by atoms with Gasteiger partial charge in [-0.25, -0.2) is 0 Å². The van der Waals surface area contributed by atoms with Crippen LogP contribution in [0.15, 0.2) is 57.8 Å². The number of nitrogens with one attached hydrogen (secondary N) is 1. The standard InChI is InChI=1S/C22H24BrN3O/c1-16-20(22(27)19-13-18(23)7-8-21(19)24-16)15-26-11-9-25(10-12-26)14-17-5-3-2-4-6-17/h2-8,13H,9-12,14-15H2,1H3,(H,24,27). The average molecular weight is 426 g/mol. The van der Waals surface area contributed by atoms with Crippen molar-refractivity contribution in [3.63, 3.8) is 0 Å². The predicted molar refractivity (Wildman–Crippen MR) is 114 cm³/mol. The molecular weight excluding hydrogens is 402 g/mol. The van der Waals surface area contributed by atoms with Gasteiger partial charge >= 0.3 is 0 Å². The highest BCUT2D eigenvalue weighted by Crippen LogP contribution is 2.18. The molecule has 4 rings (SSSR count). The maximum absolute atomic E-state index is 13.0. The van der Waals surface area contributed by atoms with Crippen LogP contribution in [0.2, 0.25) is 0 Å². The number of H-pyrrole nitrogens is 1. The highest BCUT2D eigenvalue weighted by molar-refractivity contribution is 9.10. The van der Waals surface area contributed by atoms with Crippen molar-refractivity contribution >= 4 is 26.8 Å². The topological polar surface area (TPSA) is 39.3 Å². The van der Waals surface area contributed by atoms with E-state index in [9.17, 15) is 4.79 Å². The van der Waals surface area contributed by atoms with Crippen LogP contribution in [0, 0.1) is 6.92 Å². The molecule has 0 radical (unpaired) electrons. The molecule has 3 aromatic rings. The number of aryl methyl sites for hydroxylation is 1. The smallest absolute Gasteiger partial charge is 0.194 e. The zero-order valence-corrected chi connectivity index (χ0v) is 17.1. The molecule has 0 aliphatic carbocycles. The average Bonchev–Trinajstić information content (AvgIpc) is 2.68. The number of hydrogen-bond acceptors (Lipinski definition) is 3. The van der Waals surface area contributed by atoms with Crippen LogP contribution in [0.1, 0.15) is 16.8 Å². The first-order valence-corrected chi connectivity index (χ1v) is 10.2. The van der Waals surface area contributed by atoms with Gasteiger partial charge in [-0.3, -0.25) is 14.6 Å². The Bertz CT molecular complexity index is 992. The van der Waals surface area contributed by atoms with Gasteiger partial charge in [0.25, 0.3) is 0 Å². The van der Waals surface area contributed by atoms with Crippen molar-refractivity contribution in [2.24, 2.45) is 0 Å². The van der Waals surface area contributed by atoms with Crippen molar-refractivity contribution < 1.29 is 0 Å². The molecule has 0 bridgehead atoms. The van der Waals surface area contributed by atoms with Gasteiger partial charge in [0.2, 0.25) is 0 Å². The highest BCUT2D eigenvalue weighted by atomic mass is 79.9. The normalized spacial score (nSPS) is 16.1. The molecule has 0 saturated carbocycles. The van der Waals surface area contributed by atoms with Crippen LogP contribution >= 0.6 is 15.9 Å². The third kappa shape index (κ3) is 4.15. The van der Waals surface area contributed by atoms with E-state index in [1.807, 2.05) is 25.1 Å². The number of benzene rings is 2. The van der Waals surface area contributed by atoms with E-state index in [1.165, 1.54) is 5.56 Å². The fourth-order valence-electron chi connectivity index (χ4n) is 3.78. The van der Waals surface area contributed by atoms with Crippen LogP contribution in [0.25, 0.3) is 10.9 Å². The molecule has 1 aromatic heterocycles. The first kappa shape index (κ1) is 18.4. The van der Waals surface area contributed by atoms with E-state index in [2.05, 4.69) is 61.0 Å². The molecular formula is C22H24BrN3O. The van der Waals surface area contributed by atoms with Crippen molar-refractivity contribution in [3.05, 3.63) is 80.0 Å². The monoisotopic (exact) mass is 425 g/mol. The van der Waals surface area contributed by atoms with Gasteiger partial charge < -0.3 is 4.98 Å². The SMILES string of the molecule is Cc1[nH]c2ccc(Br)cc2c(=O)c1CN1CCN(Cc2ccccc2)CC1. The molecule has 5 heteroatoms. The summed E-state index contributed by atoms with van der Waals surface area (Å²) in [6.07, 6.45) is 0. The molecule has 1 saturated heterocycles. The van der Waals surface area contributed by atoms with E-state index in [4.69, 9.17) is 0 Å². The second kappa shape index (κ2) is 7.97. The Labute approximate surface area is 167 Å². The zero-order valence-electron chi connectivity index (χ0n) is 15.5. The van der Waals surface area contributed by atoms with Gasteiger partial charge in [-0.05, 0) is 30.7 Å². The van der Waals surface area contributed by atoms with E-state index in [0.717, 1.165) is 59.4 Å². The van der Waals surface area contributed by atoms with Crippen molar-refractivity contribution in [1.29, 1.82) is 0 Å². The van der Waals surface area contributed by atoms with Crippen molar-refractivity contribution in [3.8, 4) is 0 Å². The van der Waals surface area contributed by atoms with Gasteiger partial charge in [-0.15, -0.1) is 0 Å². The maximum Gasteiger partial charge on any atom is 0.194 e. The van der Waals surface area contributed by atoms with Crippen molar-refractivity contribution in [2.45, 2.75) is 20.0 Å². The fourth-order valence-corrected chi connectivity index (χ4v) is 4.15. The summed E-state index contributed by atoms with van der Waals surface area (Å²) in [7, 11) is 0. The lowest BCUT2D eigenvalue weighted by Crippen LogP contribution is -2.46. The van der Waals surface area contributed by atoms with Crippen LogP contribution < -0.4 is 5.43 Å². The number of halogens is 1. The third-order valence-corrected chi connectivity index (χ3v) is 5.86. The molecule has 1 aliphatic heterocycles. The molecule has 2 aromatic carbocycles. The van der Waals surface area contributed by atoms with Gasteiger partial charge in [0.05, 0.1) is 0 Å². The number of pyridine rings is 1. The number of piperazine rings is 1. The van der Waals surface area contributed by atoms with Gasteiger partial charge in [-0.1, -0.05) is 46.3 Å². The lowest BCUT2D eigenvalue weighted by atomic mass is 10.1. The first-order chi connectivity index (χ1) is 13.1. The quantitative estimate of drug-likeness (QED) is 0.688. The summed E-state index contributed by atoms with van der Waals surface area (Å²) in [5.41, 5.74) is 4.27. The maximum atomic E-state index is 13.0. The fraction of sp³-hybridized carbons (Fsp3) is 0.318. The Balaban J connectivity index is 1.45. The highest BCUT2D eigenvalue weighted by Gasteiger charge is 2.19. The Morgan fingerprint density at radius 1 is 0.963 bits per heavy atom. The van der Waals surface area contributed by atoms with Gasteiger partial charge in [0, 0.05) is 65.9 Å². The molecule has 0 atom stereocenters. The molecule has 0 amide bonds. The Morgan fingerprint density at radius 3 is 2.33 bits per heavy atom. The first-order valence-electron chi connectivity index (χ1n) is 9.40. The Kier molecular flexibility index (Phi) is 5.43. The third-order valence-electron chi connectivity index (χ3n) is 5.37. The second-order valence-corrected chi connectivity index (χ2v) is 8.20. The van der Waals surface area contributed by atoms with E-state index in [-0.39, 0.29) is 5.43 Å². The molecule has 0 spiro atoms. The predicted octanol–water partition coefficient (Wildman–Crippen LogP) is 3.92. The Morgan fingerprint density at radius 2 is 1.63 bits per heavy atom. The molecule has 1 N–H and O–H groups in total. The molecule has 2 heterocycles. The number of rotatable bonds is 4. The molecule has 4 nitrogen and oxygen atoms in total. The molecule has 140 valence electrons. The van der Waals surface area contributed by atoms with Crippen molar-refractivity contribution in [1.82, 2.24) is 14.8 Å². The van der Waals surface area contributed by atoms with Crippen LogP contribution in [0.5, 0.6) is 0 Å². The summed E-state index contributed by atoms with van der Waals surface area (Å²) in [6, 6.07) is 16.4. The summed E-state index contributed by atoms with van der Waals surface area (Å²) >= 11 is 3.47. The molecule has 1 aliphatic rings. The van der Waals surface area contributed by atoms with E-state index in [0.29, 0.717) is 6.54 Å². The minimum atomic E-state index is 0.147. The van der Waals surface area contributed by atoms with Crippen molar-refractivity contribution in [2.75, 3.05) is 26.2 Å². The zero-order chi connectivity index (χ0) is 18.8. The largest absolute Gasteiger partial charge is 0.358 e. The van der Waals surface area contributed by atoms with Crippen LogP contribution in [0.4, 0.5) is 0 Å². The van der Waals surface area contributed by atoms with E-state index < -0.39 is 0 Å². The summed E-state index contributed by atoms with van der Waals surface area (Å²) in [5, 5.41) is 0.757. The summed E-state index contributed by atoms with van der Waals surface area (Å²) in [6.45, 7) is 7.76. The Hall–Kier alpha value is -1.95. The number of aromatic amines is 1. The van der Waals surface area contributed by atoms with Gasteiger partial charge in [-0.2, -0.15) is 0 Å². The second-order valence-electron chi connectivity index (χ2n) is 7.29. The number of nitrogens with zero attached hydrogens (tertiary/aromatic N) is 2.